The minimum atomic E-state index is -3.02. The van der Waals surface area contributed by atoms with Gasteiger partial charge in [-0.05, 0) is 18.6 Å². The lowest BCUT2D eigenvalue weighted by atomic mass is 10.1. The summed E-state index contributed by atoms with van der Waals surface area (Å²) in [6, 6.07) is 9.44. The summed E-state index contributed by atoms with van der Waals surface area (Å²) in [5, 5.41) is 0.579. The van der Waals surface area contributed by atoms with Gasteiger partial charge in [0.15, 0.2) is 15.0 Å². The van der Waals surface area contributed by atoms with Crippen molar-refractivity contribution in [3.8, 4) is 0 Å². The second-order valence-electron chi connectivity index (χ2n) is 6.05. The molecular weight excluding hydrogens is 332 g/mol. The molecule has 2 heterocycles. The van der Waals surface area contributed by atoms with Crippen molar-refractivity contribution in [1.29, 1.82) is 0 Å². The Labute approximate surface area is 141 Å². The van der Waals surface area contributed by atoms with Gasteiger partial charge in [-0.25, -0.2) is 8.42 Å². The van der Waals surface area contributed by atoms with Gasteiger partial charge >= 0.3 is 0 Å². The lowest BCUT2D eigenvalue weighted by molar-refractivity contribution is -0.121. The first-order valence-electron chi connectivity index (χ1n) is 7.75. The van der Waals surface area contributed by atoms with Crippen molar-refractivity contribution in [3.05, 3.63) is 30.3 Å². The Morgan fingerprint density at radius 2 is 2.04 bits per heavy atom. The number of nitrogens with zero attached hydrogens (tertiary/aromatic N) is 2. The molecule has 0 N–H and O–H groups in total. The maximum atomic E-state index is 12.2. The Kier molecular flexibility index (Phi) is 4.51. The molecule has 3 rings (SSSR count). The Morgan fingerprint density at radius 3 is 2.70 bits per heavy atom. The minimum absolute atomic E-state index is 0.0521. The number of amidine groups is 1. The number of aliphatic imine (C=N–C) groups is 1. The van der Waals surface area contributed by atoms with Crippen LogP contribution in [0.1, 0.15) is 20.3 Å². The third kappa shape index (κ3) is 3.30. The van der Waals surface area contributed by atoms with E-state index in [0.29, 0.717) is 5.17 Å². The average Bonchev–Trinajstić information content (AvgIpc) is 2.98. The number of sulfone groups is 1. The molecule has 2 fully saturated rings. The molecular formula is C16H20N2O3S2. The fraction of sp³-hybridized carbons (Fsp3) is 0.500. The van der Waals surface area contributed by atoms with Crippen LogP contribution in [0.5, 0.6) is 0 Å². The zero-order valence-electron chi connectivity index (χ0n) is 13.2. The molecule has 0 bridgehead atoms. The van der Waals surface area contributed by atoms with Crippen LogP contribution in [0, 0.1) is 5.92 Å². The van der Waals surface area contributed by atoms with Gasteiger partial charge in [0.1, 0.15) is 0 Å². The molecule has 23 heavy (non-hydrogen) atoms. The Hall–Kier alpha value is -1.34. The van der Waals surface area contributed by atoms with Gasteiger partial charge in [0.25, 0.3) is 5.91 Å². The standard InChI is InChI=1S/C16H20N2O3S2/c1-3-11(2)15(19)17-16-18(12-7-5-4-6-8-12)13-9-23(20,21)10-14(13)22-16/h4-8,11,13-14H,3,9-10H2,1-2H3/t11-,13+,14-/m0/s1. The van der Waals surface area contributed by atoms with Crippen molar-refractivity contribution < 1.29 is 13.2 Å². The highest BCUT2D eigenvalue weighted by atomic mass is 32.2. The molecule has 0 unspecified atom stereocenters. The van der Waals surface area contributed by atoms with Crippen LogP contribution in [-0.4, -0.2) is 42.3 Å². The summed E-state index contributed by atoms with van der Waals surface area (Å²) in [7, 11) is -3.02. The van der Waals surface area contributed by atoms with Crippen molar-refractivity contribution in [3.63, 3.8) is 0 Å². The van der Waals surface area contributed by atoms with E-state index in [1.54, 1.807) is 0 Å². The van der Waals surface area contributed by atoms with E-state index in [1.165, 1.54) is 11.8 Å². The van der Waals surface area contributed by atoms with E-state index in [0.717, 1.165) is 12.1 Å². The predicted molar refractivity (Wildman–Crippen MR) is 94.6 cm³/mol. The number of rotatable bonds is 3. The van der Waals surface area contributed by atoms with Gasteiger partial charge in [0.2, 0.25) is 0 Å². The molecule has 1 aromatic rings. The van der Waals surface area contributed by atoms with E-state index in [4.69, 9.17) is 0 Å². The fourth-order valence-electron chi connectivity index (χ4n) is 2.83. The molecule has 0 aromatic heterocycles. The lowest BCUT2D eigenvalue weighted by Crippen LogP contribution is -2.37. The third-order valence-corrected chi connectivity index (χ3v) is 7.55. The number of benzene rings is 1. The van der Waals surface area contributed by atoms with Gasteiger partial charge in [-0.2, -0.15) is 4.99 Å². The van der Waals surface area contributed by atoms with Crippen LogP contribution in [0.3, 0.4) is 0 Å². The highest BCUT2D eigenvalue weighted by molar-refractivity contribution is 8.16. The zero-order chi connectivity index (χ0) is 16.6. The van der Waals surface area contributed by atoms with Crippen LogP contribution in [-0.2, 0) is 14.6 Å². The first-order valence-corrected chi connectivity index (χ1v) is 10.5. The number of carbonyl (C=O) groups is 1. The molecule has 1 amide bonds. The Morgan fingerprint density at radius 1 is 1.35 bits per heavy atom. The zero-order valence-corrected chi connectivity index (χ0v) is 14.8. The molecule has 0 spiro atoms. The molecule has 1 aromatic carbocycles. The van der Waals surface area contributed by atoms with Crippen LogP contribution >= 0.6 is 11.8 Å². The number of amides is 1. The van der Waals surface area contributed by atoms with Gasteiger partial charge in [-0.1, -0.05) is 43.8 Å². The number of hydrogen-bond acceptors (Lipinski definition) is 4. The number of thioether (sulfide) groups is 1. The lowest BCUT2D eigenvalue weighted by Gasteiger charge is -2.24. The highest BCUT2D eigenvalue weighted by Gasteiger charge is 2.49. The SMILES string of the molecule is CC[C@H](C)C(=O)N=C1S[C@H]2CS(=O)(=O)C[C@H]2N1c1ccccc1. The van der Waals surface area contributed by atoms with Gasteiger partial charge < -0.3 is 4.90 Å². The normalized spacial score (nSPS) is 28.8. The van der Waals surface area contributed by atoms with E-state index in [2.05, 4.69) is 4.99 Å². The average molecular weight is 352 g/mol. The van der Waals surface area contributed by atoms with E-state index >= 15 is 0 Å². The van der Waals surface area contributed by atoms with Crippen LogP contribution < -0.4 is 4.90 Å². The molecule has 124 valence electrons. The van der Waals surface area contributed by atoms with Gasteiger partial charge in [0.05, 0.1) is 17.5 Å². The van der Waals surface area contributed by atoms with Crippen molar-refractivity contribution in [1.82, 2.24) is 0 Å². The molecule has 7 heteroatoms. The Bertz CT molecular complexity index is 731. The van der Waals surface area contributed by atoms with E-state index in [1.807, 2.05) is 49.1 Å². The second-order valence-corrected chi connectivity index (χ2v) is 9.41. The maximum Gasteiger partial charge on any atom is 0.250 e. The number of para-hydroxylation sites is 1. The smallest absolute Gasteiger partial charge is 0.250 e. The quantitative estimate of drug-likeness (QED) is 0.835. The first-order chi connectivity index (χ1) is 10.9. The molecule has 5 nitrogen and oxygen atoms in total. The summed E-state index contributed by atoms with van der Waals surface area (Å²) in [4.78, 5) is 18.4. The number of hydrogen-bond donors (Lipinski definition) is 0. The van der Waals surface area contributed by atoms with E-state index in [9.17, 15) is 13.2 Å². The van der Waals surface area contributed by atoms with Crippen LogP contribution in [0.4, 0.5) is 5.69 Å². The summed E-state index contributed by atoms with van der Waals surface area (Å²) in [6.45, 7) is 3.82. The largest absolute Gasteiger partial charge is 0.316 e. The second kappa shape index (κ2) is 6.28. The van der Waals surface area contributed by atoms with Crippen LogP contribution in [0.25, 0.3) is 0 Å². The number of anilines is 1. The fourth-order valence-corrected chi connectivity index (χ4v) is 6.75. The highest BCUT2D eigenvalue weighted by Crippen LogP contribution is 2.40. The van der Waals surface area contributed by atoms with Gasteiger partial charge in [-0.15, -0.1) is 0 Å². The van der Waals surface area contributed by atoms with Crippen LogP contribution in [0.15, 0.2) is 35.3 Å². The number of carbonyl (C=O) groups excluding carboxylic acids is 1. The summed E-state index contributed by atoms with van der Waals surface area (Å²) in [5.41, 5.74) is 0.889. The molecule has 3 atom stereocenters. The summed E-state index contributed by atoms with van der Waals surface area (Å²) < 4.78 is 23.9. The van der Waals surface area contributed by atoms with Crippen molar-refractivity contribution in [2.24, 2.45) is 10.9 Å². The third-order valence-electron chi connectivity index (χ3n) is 4.34. The molecule has 0 radical (unpaired) electrons. The van der Waals surface area contributed by atoms with Crippen molar-refractivity contribution in [2.75, 3.05) is 16.4 Å². The monoisotopic (exact) mass is 352 g/mol. The molecule has 2 aliphatic rings. The Balaban J connectivity index is 1.97. The van der Waals surface area contributed by atoms with Crippen molar-refractivity contribution in [2.45, 2.75) is 31.6 Å². The first kappa shape index (κ1) is 16.5. The summed E-state index contributed by atoms with van der Waals surface area (Å²) in [6.07, 6.45) is 0.743. The van der Waals surface area contributed by atoms with Crippen molar-refractivity contribution >= 4 is 38.4 Å². The molecule has 2 aliphatic heterocycles. The van der Waals surface area contributed by atoms with Crippen LogP contribution in [0.2, 0.25) is 0 Å². The molecule has 0 saturated carbocycles. The van der Waals surface area contributed by atoms with E-state index in [-0.39, 0.29) is 34.6 Å². The molecule has 2 saturated heterocycles. The van der Waals surface area contributed by atoms with Gasteiger partial charge in [-0.3, -0.25) is 4.79 Å². The molecule has 0 aliphatic carbocycles. The summed E-state index contributed by atoms with van der Waals surface area (Å²) >= 11 is 1.42. The maximum absolute atomic E-state index is 12.2. The van der Waals surface area contributed by atoms with Gasteiger partial charge in [0, 0.05) is 16.9 Å². The predicted octanol–water partition coefficient (Wildman–Crippen LogP) is 2.33. The number of fused-ring (bicyclic) bond motifs is 1. The van der Waals surface area contributed by atoms with E-state index < -0.39 is 9.84 Å². The topological polar surface area (TPSA) is 66.8 Å². The summed E-state index contributed by atoms with van der Waals surface area (Å²) in [5.74, 6) is 0.0156. The minimum Gasteiger partial charge on any atom is -0.316 e.